The zero-order valence-electron chi connectivity index (χ0n) is 12.9. The van der Waals surface area contributed by atoms with Crippen LogP contribution in [-0.2, 0) is 0 Å². The van der Waals surface area contributed by atoms with E-state index in [0.29, 0.717) is 23.6 Å². The molecular formula is C13H22N6O2. The summed E-state index contributed by atoms with van der Waals surface area (Å²) in [6.07, 6.45) is 1.12. The van der Waals surface area contributed by atoms with Crippen LogP contribution in [0.3, 0.4) is 0 Å². The van der Waals surface area contributed by atoms with E-state index >= 15 is 0 Å². The normalized spacial score (nSPS) is 22.2. The van der Waals surface area contributed by atoms with Gasteiger partial charge >= 0.3 is 5.69 Å². The highest BCUT2D eigenvalue weighted by Gasteiger charge is 2.31. The van der Waals surface area contributed by atoms with Gasteiger partial charge in [0.15, 0.2) is 0 Å². The standard InChI is InChI=1S/C13H22N6O2/c1-8-5-9(2)7-18(6-8)12-10(19(20)21)11(14)15-13(16-12)17(3)4/h8-9H,5-7H2,1-4H3,(H2,14,15,16)/t8-,9-/m0/s1. The lowest BCUT2D eigenvalue weighted by Gasteiger charge is -2.35. The number of rotatable bonds is 3. The summed E-state index contributed by atoms with van der Waals surface area (Å²) in [5, 5.41) is 11.3. The Hall–Kier alpha value is -2.12. The lowest BCUT2D eigenvalue weighted by Crippen LogP contribution is -2.39. The molecule has 1 fully saturated rings. The van der Waals surface area contributed by atoms with Crippen molar-refractivity contribution in [1.29, 1.82) is 0 Å². The predicted molar refractivity (Wildman–Crippen MR) is 82.6 cm³/mol. The van der Waals surface area contributed by atoms with Gasteiger partial charge in [0.05, 0.1) is 4.92 Å². The molecule has 116 valence electrons. The second-order valence-electron chi connectivity index (χ2n) is 6.08. The number of nitrogen functional groups attached to an aromatic ring is 1. The predicted octanol–water partition coefficient (Wildman–Crippen LogP) is 1.52. The molecule has 8 nitrogen and oxygen atoms in total. The number of hydrogen-bond donors (Lipinski definition) is 1. The van der Waals surface area contributed by atoms with Gasteiger partial charge in [0.1, 0.15) is 0 Å². The largest absolute Gasteiger partial charge is 0.378 e. The first-order valence-corrected chi connectivity index (χ1v) is 7.03. The van der Waals surface area contributed by atoms with Crippen molar-refractivity contribution in [3.8, 4) is 0 Å². The van der Waals surface area contributed by atoms with Crippen LogP contribution in [0.15, 0.2) is 0 Å². The van der Waals surface area contributed by atoms with Gasteiger partial charge in [-0.05, 0) is 18.3 Å². The molecule has 2 heterocycles. The fraction of sp³-hybridized carbons (Fsp3) is 0.692. The third-order valence-electron chi connectivity index (χ3n) is 3.63. The first-order chi connectivity index (χ1) is 9.79. The molecule has 21 heavy (non-hydrogen) atoms. The number of piperidine rings is 1. The maximum atomic E-state index is 11.3. The van der Waals surface area contributed by atoms with Gasteiger partial charge < -0.3 is 15.5 Å². The minimum absolute atomic E-state index is 0.0837. The molecule has 0 amide bonds. The van der Waals surface area contributed by atoms with E-state index in [4.69, 9.17) is 5.73 Å². The summed E-state index contributed by atoms with van der Waals surface area (Å²) in [7, 11) is 3.57. The highest BCUT2D eigenvalue weighted by atomic mass is 16.6. The lowest BCUT2D eigenvalue weighted by atomic mass is 9.92. The third-order valence-corrected chi connectivity index (χ3v) is 3.63. The average Bonchev–Trinajstić information content (AvgIpc) is 2.35. The quantitative estimate of drug-likeness (QED) is 0.666. The molecule has 0 bridgehead atoms. The maximum Gasteiger partial charge on any atom is 0.353 e. The van der Waals surface area contributed by atoms with E-state index < -0.39 is 4.92 Å². The Bertz CT molecular complexity index is 538. The van der Waals surface area contributed by atoms with Gasteiger partial charge in [-0.15, -0.1) is 0 Å². The SMILES string of the molecule is C[C@H]1C[C@H](C)CN(c2nc(N(C)C)nc(N)c2[N+](=O)[O-])C1. The van der Waals surface area contributed by atoms with E-state index in [9.17, 15) is 10.1 Å². The second kappa shape index (κ2) is 5.71. The van der Waals surface area contributed by atoms with Crippen LogP contribution in [-0.4, -0.2) is 42.1 Å². The summed E-state index contributed by atoms with van der Waals surface area (Å²) in [4.78, 5) is 22.9. The van der Waals surface area contributed by atoms with Gasteiger partial charge in [-0.1, -0.05) is 13.8 Å². The molecule has 0 spiro atoms. The molecule has 2 rings (SSSR count). The van der Waals surface area contributed by atoms with Crippen LogP contribution in [0, 0.1) is 22.0 Å². The van der Waals surface area contributed by atoms with Gasteiger partial charge in [-0.3, -0.25) is 10.1 Å². The number of nitro groups is 1. The fourth-order valence-corrected chi connectivity index (χ4v) is 2.88. The Balaban J connectivity index is 2.51. The minimum Gasteiger partial charge on any atom is -0.378 e. The van der Waals surface area contributed by atoms with Crippen LogP contribution >= 0.6 is 0 Å². The highest BCUT2D eigenvalue weighted by Crippen LogP contribution is 2.35. The lowest BCUT2D eigenvalue weighted by molar-refractivity contribution is -0.383. The summed E-state index contributed by atoms with van der Waals surface area (Å²) >= 11 is 0. The van der Waals surface area contributed by atoms with Gasteiger partial charge in [0, 0.05) is 27.2 Å². The molecule has 1 aliphatic heterocycles. The van der Waals surface area contributed by atoms with Gasteiger partial charge in [0.25, 0.3) is 0 Å². The fourth-order valence-electron chi connectivity index (χ4n) is 2.88. The number of nitrogens with zero attached hydrogens (tertiary/aromatic N) is 5. The molecule has 8 heteroatoms. The van der Waals surface area contributed by atoms with Gasteiger partial charge in [-0.2, -0.15) is 9.97 Å². The van der Waals surface area contributed by atoms with Gasteiger partial charge in [-0.25, -0.2) is 0 Å². The van der Waals surface area contributed by atoms with Crippen LogP contribution < -0.4 is 15.5 Å². The van der Waals surface area contributed by atoms with Crippen LogP contribution in [0.2, 0.25) is 0 Å². The molecule has 2 N–H and O–H groups in total. The van der Waals surface area contributed by atoms with Crippen molar-refractivity contribution in [2.75, 3.05) is 42.7 Å². The molecule has 1 aliphatic rings. The first kappa shape index (κ1) is 15.3. The van der Waals surface area contributed by atoms with Crippen LogP contribution in [0.4, 0.5) is 23.3 Å². The Morgan fingerprint density at radius 2 is 1.86 bits per heavy atom. The van der Waals surface area contributed by atoms with Crippen molar-refractivity contribution in [2.45, 2.75) is 20.3 Å². The Morgan fingerprint density at radius 3 is 2.33 bits per heavy atom. The third kappa shape index (κ3) is 3.14. The molecule has 0 aliphatic carbocycles. The second-order valence-corrected chi connectivity index (χ2v) is 6.08. The van der Waals surface area contributed by atoms with Crippen LogP contribution in [0.1, 0.15) is 20.3 Å². The summed E-state index contributed by atoms with van der Waals surface area (Å²) < 4.78 is 0. The monoisotopic (exact) mass is 294 g/mol. The maximum absolute atomic E-state index is 11.3. The molecule has 2 atom stereocenters. The zero-order chi connectivity index (χ0) is 15.7. The Labute approximate surface area is 124 Å². The summed E-state index contributed by atoms with van der Waals surface area (Å²) in [6, 6.07) is 0. The summed E-state index contributed by atoms with van der Waals surface area (Å²) in [5.74, 6) is 1.56. The highest BCUT2D eigenvalue weighted by molar-refractivity contribution is 5.71. The molecule has 0 aromatic carbocycles. The van der Waals surface area contributed by atoms with Crippen molar-refractivity contribution in [3.63, 3.8) is 0 Å². The van der Waals surface area contributed by atoms with Crippen molar-refractivity contribution in [1.82, 2.24) is 9.97 Å². The minimum atomic E-state index is -0.492. The molecule has 0 unspecified atom stereocenters. The molecule has 0 radical (unpaired) electrons. The van der Waals surface area contributed by atoms with E-state index in [0.717, 1.165) is 19.5 Å². The Morgan fingerprint density at radius 1 is 1.29 bits per heavy atom. The number of aromatic nitrogens is 2. The number of anilines is 3. The number of hydrogen-bond acceptors (Lipinski definition) is 7. The van der Waals surface area contributed by atoms with Crippen molar-refractivity contribution in [2.24, 2.45) is 11.8 Å². The Kier molecular flexibility index (Phi) is 4.15. The number of nitrogens with two attached hydrogens (primary N) is 1. The first-order valence-electron chi connectivity index (χ1n) is 7.03. The molecule has 1 aromatic heterocycles. The molecule has 1 saturated heterocycles. The topological polar surface area (TPSA) is 101 Å². The molecule has 0 saturated carbocycles. The van der Waals surface area contributed by atoms with Crippen LogP contribution in [0.25, 0.3) is 0 Å². The van der Waals surface area contributed by atoms with E-state index in [-0.39, 0.29) is 11.5 Å². The van der Waals surface area contributed by atoms with E-state index in [1.165, 1.54) is 0 Å². The van der Waals surface area contributed by atoms with Crippen molar-refractivity contribution in [3.05, 3.63) is 10.1 Å². The smallest absolute Gasteiger partial charge is 0.353 e. The van der Waals surface area contributed by atoms with Crippen LogP contribution in [0.5, 0.6) is 0 Å². The summed E-state index contributed by atoms with van der Waals surface area (Å²) in [5.41, 5.74) is 5.60. The van der Waals surface area contributed by atoms with Crippen molar-refractivity contribution < 1.29 is 4.92 Å². The average molecular weight is 294 g/mol. The molecule has 1 aromatic rings. The van der Waals surface area contributed by atoms with E-state index in [1.54, 1.807) is 19.0 Å². The molecular weight excluding hydrogens is 272 g/mol. The van der Waals surface area contributed by atoms with E-state index in [1.807, 2.05) is 4.90 Å². The van der Waals surface area contributed by atoms with Gasteiger partial charge in [0.2, 0.25) is 17.6 Å². The van der Waals surface area contributed by atoms with Crippen molar-refractivity contribution >= 4 is 23.3 Å². The zero-order valence-corrected chi connectivity index (χ0v) is 12.9. The summed E-state index contributed by atoms with van der Waals surface area (Å²) in [6.45, 7) is 5.78. The van der Waals surface area contributed by atoms with E-state index in [2.05, 4.69) is 23.8 Å².